The van der Waals surface area contributed by atoms with Crippen molar-refractivity contribution in [3.8, 4) is 11.4 Å². The van der Waals surface area contributed by atoms with Crippen molar-refractivity contribution >= 4 is 9.84 Å². The smallest absolute Gasteiger partial charge is 0.181 e. The van der Waals surface area contributed by atoms with E-state index in [1.165, 1.54) is 38.4 Å². The minimum absolute atomic E-state index is 0.314. The van der Waals surface area contributed by atoms with Crippen LogP contribution in [0.15, 0.2) is 29.2 Å². The molecule has 0 radical (unpaired) electrons. The summed E-state index contributed by atoms with van der Waals surface area (Å²) in [5, 5.41) is 7.31. The van der Waals surface area contributed by atoms with Crippen molar-refractivity contribution < 1.29 is 8.42 Å². The van der Waals surface area contributed by atoms with Gasteiger partial charge in [-0.15, -0.1) is 0 Å². The van der Waals surface area contributed by atoms with Gasteiger partial charge in [0.15, 0.2) is 15.7 Å². The van der Waals surface area contributed by atoms with E-state index in [9.17, 15) is 8.42 Å². The van der Waals surface area contributed by atoms with E-state index in [1.54, 1.807) is 24.3 Å². The van der Waals surface area contributed by atoms with E-state index >= 15 is 0 Å². The average Bonchev–Trinajstić information content (AvgIpc) is 2.97. The Balaban J connectivity index is 1.82. The van der Waals surface area contributed by atoms with Crippen LogP contribution in [0.5, 0.6) is 0 Å². The summed E-state index contributed by atoms with van der Waals surface area (Å²) < 4.78 is 22.9. The number of nitrogens with zero attached hydrogens (tertiary/aromatic N) is 2. The van der Waals surface area contributed by atoms with Crippen LogP contribution in [0.2, 0.25) is 0 Å². The van der Waals surface area contributed by atoms with E-state index < -0.39 is 9.84 Å². The molecule has 1 fully saturated rings. The Morgan fingerprint density at radius 2 is 1.76 bits per heavy atom. The van der Waals surface area contributed by atoms with Crippen LogP contribution < -0.4 is 0 Å². The molecule has 0 saturated heterocycles. The molecule has 0 atom stereocenters. The predicted molar refractivity (Wildman–Crippen MR) is 80.8 cm³/mol. The van der Waals surface area contributed by atoms with Crippen molar-refractivity contribution in [3.63, 3.8) is 0 Å². The molecule has 0 amide bonds. The molecule has 0 unspecified atom stereocenters. The molecule has 1 saturated carbocycles. The summed E-state index contributed by atoms with van der Waals surface area (Å²) in [7, 11) is -3.16. The van der Waals surface area contributed by atoms with E-state index in [-0.39, 0.29) is 0 Å². The van der Waals surface area contributed by atoms with Gasteiger partial charge in [0.05, 0.1) is 4.90 Å². The largest absolute Gasteiger partial charge is 0.262 e. The van der Waals surface area contributed by atoms with Crippen LogP contribution in [0.3, 0.4) is 0 Å². The summed E-state index contributed by atoms with van der Waals surface area (Å²) >= 11 is 0. The van der Waals surface area contributed by atoms with Gasteiger partial charge in [0.1, 0.15) is 5.82 Å². The molecule has 1 N–H and O–H groups in total. The fraction of sp³-hybridized carbons (Fsp3) is 0.467. The number of H-pyrrole nitrogens is 1. The molecule has 3 rings (SSSR count). The molecule has 0 bridgehead atoms. The fourth-order valence-electron chi connectivity index (χ4n) is 2.81. The van der Waals surface area contributed by atoms with Crippen LogP contribution in [0, 0.1) is 0 Å². The van der Waals surface area contributed by atoms with Crippen LogP contribution >= 0.6 is 0 Å². The zero-order chi connectivity index (χ0) is 14.9. The van der Waals surface area contributed by atoms with E-state index in [2.05, 4.69) is 15.2 Å². The lowest BCUT2D eigenvalue weighted by Crippen LogP contribution is -2.06. The normalized spacial score (nSPS) is 17.0. The molecule has 2 aromatic rings. The molecule has 21 heavy (non-hydrogen) atoms. The maximum Gasteiger partial charge on any atom is 0.181 e. The quantitative estimate of drug-likeness (QED) is 0.946. The number of hydrogen-bond acceptors (Lipinski definition) is 4. The second-order valence-electron chi connectivity index (χ2n) is 5.68. The van der Waals surface area contributed by atoms with Crippen LogP contribution in [0.4, 0.5) is 0 Å². The standard InChI is InChI=1S/C15H19N3O2S/c1-21(19,20)13-9-7-12(8-10-13)15-16-14(17-18-15)11-5-3-2-4-6-11/h7-11H,2-6H2,1H3,(H,16,17,18). The molecule has 5 nitrogen and oxygen atoms in total. The van der Waals surface area contributed by atoms with Crippen molar-refractivity contribution in [3.05, 3.63) is 30.1 Å². The number of benzene rings is 1. The SMILES string of the molecule is CS(=O)(=O)c1ccc(-c2n[nH]c(C3CCCCC3)n2)cc1. The first-order chi connectivity index (χ1) is 10.0. The van der Waals surface area contributed by atoms with Gasteiger partial charge < -0.3 is 0 Å². The van der Waals surface area contributed by atoms with Crippen molar-refractivity contribution in [2.45, 2.75) is 42.9 Å². The summed E-state index contributed by atoms with van der Waals surface area (Å²) in [4.78, 5) is 4.89. The first-order valence-corrected chi connectivity index (χ1v) is 9.16. The first kappa shape index (κ1) is 14.3. The van der Waals surface area contributed by atoms with Gasteiger partial charge in [0, 0.05) is 17.7 Å². The van der Waals surface area contributed by atoms with Crippen molar-refractivity contribution in [2.24, 2.45) is 0 Å². The van der Waals surface area contributed by atoms with Gasteiger partial charge in [-0.1, -0.05) is 19.3 Å². The van der Waals surface area contributed by atoms with E-state index in [0.717, 1.165) is 11.4 Å². The highest BCUT2D eigenvalue weighted by Crippen LogP contribution is 2.31. The molecule has 1 heterocycles. The topological polar surface area (TPSA) is 75.7 Å². The first-order valence-electron chi connectivity index (χ1n) is 7.27. The summed E-state index contributed by atoms with van der Waals surface area (Å²) in [5.41, 5.74) is 0.834. The molecule has 1 aliphatic carbocycles. The average molecular weight is 305 g/mol. The fourth-order valence-corrected chi connectivity index (χ4v) is 3.44. The number of sulfone groups is 1. The van der Waals surface area contributed by atoms with Gasteiger partial charge in [0.2, 0.25) is 0 Å². The Morgan fingerprint density at radius 3 is 2.38 bits per heavy atom. The van der Waals surface area contributed by atoms with Crippen LogP contribution in [-0.2, 0) is 9.84 Å². The van der Waals surface area contributed by atoms with Crippen molar-refractivity contribution in [2.75, 3.05) is 6.26 Å². The molecular formula is C15H19N3O2S. The van der Waals surface area contributed by atoms with Crippen LogP contribution in [0.1, 0.15) is 43.8 Å². The molecule has 0 aliphatic heterocycles. The second kappa shape index (κ2) is 5.60. The number of aromatic amines is 1. The Morgan fingerprint density at radius 1 is 1.10 bits per heavy atom. The van der Waals surface area contributed by atoms with Gasteiger partial charge in [-0.2, -0.15) is 5.10 Å². The van der Waals surface area contributed by atoms with Gasteiger partial charge in [-0.3, -0.25) is 5.10 Å². The molecule has 1 aromatic heterocycles. The zero-order valence-electron chi connectivity index (χ0n) is 12.0. The third-order valence-corrected chi connectivity index (χ3v) is 5.16. The van der Waals surface area contributed by atoms with Gasteiger partial charge >= 0.3 is 0 Å². The van der Waals surface area contributed by atoms with E-state index in [1.807, 2.05) is 0 Å². The maximum absolute atomic E-state index is 11.5. The highest BCUT2D eigenvalue weighted by molar-refractivity contribution is 7.90. The number of hydrogen-bond donors (Lipinski definition) is 1. The highest BCUT2D eigenvalue weighted by Gasteiger charge is 2.19. The minimum atomic E-state index is -3.16. The lowest BCUT2D eigenvalue weighted by molar-refractivity contribution is 0.429. The molecule has 1 aliphatic rings. The maximum atomic E-state index is 11.5. The van der Waals surface area contributed by atoms with Crippen LogP contribution in [-0.4, -0.2) is 29.9 Å². The number of aromatic nitrogens is 3. The number of rotatable bonds is 3. The van der Waals surface area contributed by atoms with E-state index in [4.69, 9.17) is 0 Å². The predicted octanol–water partition coefficient (Wildman–Crippen LogP) is 2.92. The summed E-state index contributed by atoms with van der Waals surface area (Å²) in [6, 6.07) is 6.71. The summed E-state index contributed by atoms with van der Waals surface area (Å²) in [6.07, 6.45) is 7.36. The lowest BCUT2D eigenvalue weighted by Gasteiger charge is -2.18. The third kappa shape index (κ3) is 3.15. The zero-order valence-corrected chi connectivity index (χ0v) is 12.9. The monoisotopic (exact) mass is 305 g/mol. The Labute approximate surface area is 124 Å². The van der Waals surface area contributed by atoms with Gasteiger partial charge in [-0.25, -0.2) is 13.4 Å². The summed E-state index contributed by atoms with van der Waals surface area (Å²) in [5.74, 6) is 2.07. The van der Waals surface area contributed by atoms with Crippen molar-refractivity contribution in [1.29, 1.82) is 0 Å². The van der Waals surface area contributed by atoms with E-state index in [0.29, 0.717) is 16.6 Å². The van der Waals surface area contributed by atoms with Crippen LogP contribution in [0.25, 0.3) is 11.4 Å². The minimum Gasteiger partial charge on any atom is -0.262 e. The molecule has 112 valence electrons. The highest BCUT2D eigenvalue weighted by atomic mass is 32.2. The second-order valence-corrected chi connectivity index (χ2v) is 7.69. The summed E-state index contributed by atoms with van der Waals surface area (Å²) in [6.45, 7) is 0. The third-order valence-electron chi connectivity index (χ3n) is 4.04. The Bertz CT molecular complexity index is 714. The van der Waals surface area contributed by atoms with Gasteiger partial charge in [0.25, 0.3) is 0 Å². The molecule has 0 spiro atoms. The van der Waals surface area contributed by atoms with Gasteiger partial charge in [-0.05, 0) is 37.1 Å². The molecular weight excluding hydrogens is 286 g/mol. The number of nitrogens with one attached hydrogen (secondary N) is 1. The Hall–Kier alpha value is -1.69. The Kier molecular flexibility index (Phi) is 3.80. The molecule has 1 aromatic carbocycles. The lowest BCUT2D eigenvalue weighted by atomic mass is 9.89. The van der Waals surface area contributed by atoms with Crippen molar-refractivity contribution in [1.82, 2.24) is 15.2 Å². The molecule has 6 heteroatoms.